The van der Waals surface area contributed by atoms with Crippen LogP contribution in [0.3, 0.4) is 0 Å². The van der Waals surface area contributed by atoms with Gasteiger partial charge >= 0.3 is 29.6 Å². The van der Waals surface area contributed by atoms with Crippen molar-refractivity contribution in [1.29, 1.82) is 0 Å². The van der Waals surface area contributed by atoms with Crippen molar-refractivity contribution in [2.45, 2.75) is 6.42 Å². The summed E-state index contributed by atoms with van der Waals surface area (Å²) in [5.41, 5.74) is 0. The summed E-state index contributed by atoms with van der Waals surface area (Å²) in [5, 5.41) is 2.94. The molecule has 11 heavy (non-hydrogen) atoms. The van der Waals surface area contributed by atoms with Crippen LogP contribution in [0.2, 0.25) is 0 Å². The normalized spacial score (nSPS) is 17.5. The van der Waals surface area contributed by atoms with Crippen molar-refractivity contribution in [3.05, 3.63) is 0 Å². The summed E-state index contributed by atoms with van der Waals surface area (Å²) in [6.07, 6.45) is -0.226. The molecule has 0 bridgehead atoms. The Morgan fingerprint density at radius 2 is 2.09 bits per heavy atom. The fourth-order valence-corrected chi connectivity index (χ4v) is 0.775. The average molecular weight is 183 g/mol. The van der Waals surface area contributed by atoms with E-state index in [4.69, 9.17) is 5.84 Å². The second-order valence-corrected chi connectivity index (χ2v) is 2.18. The Hall–Kier alpha value is -0.0100. The molecular weight excluding hydrogens is 177 g/mol. The molecule has 56 valence electrons. The quantitative estimate of drug-likeness (QED) is 0.147. The first-order chi connectivity index (χ1) is 4.61. The number of hydrazine groups is 1. The molecule has 1 saturated heterocycles. The Kier molecular flexibility index (Phi) is 4.12. The molecule has 0 spiro atoms. The SMILES string of the molecule is NN1C(=O)CC(=O)NC1=S.[NaH]. The van der Waals surface area contributed by atoms with Gasteiger partial charge in [-0.3, -0.25) is 9.59 Å². The molecule has 2 amide bonds. The minimum atomic E-state index is -0.478. The van der Waals surface area contributed by atoms with Crippen molar-refractivity contribution in [1.82, 2.24) is 10.3 Å². The van der Waals surface area contributed by atoms with Gasteiger partial charge in [0.1, 0.15) is 6.42 Å². The summed E-state index contributed by atoms with van der Waals surface area (Å²) in [6.45, 7) is 0. The molecule has 1 heterocycles. The number of thiocarbonyl (C=S) groups is 1. The summed E-state index contributed by atoms with van der Waals surface area (Å²) in [5.74, 6) is 4.23. The molecule has 0 atom stereocenters. The van der Waals surface area contributed by atoms with Crippen LogP contribution < -0.4 is 11.2 Å². The average Bonchev–Trinajstić information content (AvgIpc) is 1.82. The second kappa shape index (κ2) is 4.13. The number of rotatable bonds is 0. The van der Waals surface area contributed by atoms with E-state index in [1.54, 1.807) is 0 Å². The van der Waals surface area contributed by atoms with Gasteiger partial charge in [-0.2, -0.15) is 0 Å². The molecule has 1 aliphatic heterocycles. The Labute approximate surface area is 90.5 Å². The minimum absolute atomic E-state index is 0. The van der Waals surface area contributed by atoms with Crippen LogP contribution in [0.1, 0.15) is 6.42 Å². The van der Waals surface area contributed by atoms with E-state index in [0.717, 1.165) is 5.01 Å². The molecule has 0 aromatic rings. The topological polar surface area (TPSA) is 75.4 Å². The fraction of sp³-hybridized carbons (Fsp3) is 0.250. The van der Waals surface area contributed by atoms with Crippen molar-refractivity contribution >= 4 is 58.7 Å². The molecule has 0 unspecified atom stereocenters. The van der Waals surface area contributed by atoms with Crippen LogP contribution in [0, 0.1) is 0 Å². The van der Waals surface area contributed by atoms with Crippen molar-refractivity contribution in [2.75, 3.05) is 0 Å². The number of amides is 2. The Balaban J connectivity index is 0.000001000. The van der Waals surface area contributed by atoms with Gasteiger partial charge in [-0.1, -0.05) is 0 Å². The Morgan fingerprint density at radius 3 is 2.55 bits per heavy atom. The van der Waals surface area contributed by atoms with Gasteiger partial charge in [0.2, 0.25) is 5.91 Å². The number of nitrogens with zero attached hydrogens (tertiary/aromatic N) is 1. The van der Waals surface area contributed by atoms with Crippen LogP contribution in [-0.2, 0) is 9.59 Å². The van der Waals surface area contributed by atoms with Crippen molar-refractivity contribution in [2.24, 2.45) is 5.84 Å². The fourth-order valence-electron chi connectivity index (χ4n) is 0.559. The summed E-state index contributed by atoms with van der Waals surface area (Å²) >= 11 is 4.53. The molecule has 1 fully saturated rings. The first-order valence-electron chi connectivity index (χ1n) is 2.52. The number of hydrogen-bond donors (Lipinski definition) is 2. The molecule has 5 nitrogen and oxygen atoms in total. The standard InChI is InChI=1S/C4H5N3O2S.Na.H/c5-7-3(9)1-2(8)6-4(7)10;;/h1,5H2,(H,6,8,10);;. The number of carbonyl (C=O) groups excluding carboxylic acids is 2. The van der Waals surface area contributed by atoms with Gasteiger partial charge in [0.15, 0.2) is 5.11 Å². The maximum atomic E-state index is 10.7. The molecule has 1 rings (SSSR count). The molecular formula is C4H6N3NaO2S. The molecule has 3 N–H and O–H groups in total. The summed E-state index contributed by atoms with van der Waals surface area (Å²) in [6, 6.07) is 0. The van der Waals surface area contributed by atoms with Crippen LogP contribution in [0.15, 0.2) is 0 Å². The molecule has 1 aliphatic rings. The van der Waals surface area contributed by atoms with E-state index in [2.05, 4.69) is 17.5 Å². The third kappa shape index (κ3) is 2.49. The molecule has 0 saturated carbocycles. The maximum absolute atomic E-state index is 10.7. The third-order valence-corrected chi connectivity index (χ3v) is 1.34. The number of nitrogens with two attached hydrogens (primary N) is 1. The van der Waals surface area contributed by atoms with Gasteiger partial charge in [0.05, 0.1) is 0 Å². The Morgan fingerprint density at radius 1 is 1.55 bits per heavy atom. The number of nitrogens with one attached hydrogen (secondary N) is 1. The van der Waals surface area contributed by atoms with Crippen molar-refractivity contribution < 1.29 is 9.59 Å². The molecule has 7 heteroatoms. The zero-order valence-corrected chi connectivity index (χ0v) is 5.77. The van der Waals surface area contributed by atoms with Crippen molar-refractivity contribution in [3.63, 3.8) is 0 Å². The molecule has 0 aromatic heterocycles. The Bertz CT molecular complexity index is 199. The monoisotopic (exact) mass is 183 g/mol. The van der Waals surface area contributed by atoms with Crippen LogP contribution in [0.5, 0.6) is 0 Å². The van der Waals surface area contributed by atoms with Gasteiger partial charge < -0.3 is 5.32 Å². The summed E-state index contributed by atoms with van der Waals surface area (Å²) in [7, 11) is 0. The van der Waals surface area contributed by atoms with E-state index >= 15 is 0 Å². The zero-order chi connectivity index (χ0) is 7.72. The first-order valence-corrected chi connectivity index (χ1v) is 2.93. The molecule has 0 aromatic carbocycles. The van der Waals surface area contributed by atoms with Gasteiger partial charge in [0.25, 0.3) is 5.91 Å². The predicted octanol–water partition coefficient (Wildman–Crippen LogP) is -2.15. The van der Waals surface area contributed by atoms with Gasteiger partial charge in [0, 0.05) is 0 Å². The van der Waals surface area contributed by atoms with E-state index < -0.39 is 11.8 Å². The van der Waals surface area contributed by atoms with Crippen LogP contribution in [-0.4, -0.2) is 51.5 Å². The number of hydrogen-bond acceptors (Lipinski definition) is 4. The summed E-state index contributed by atoms with van der Waals surface area (Å²) < 4.78 is 0. The van der Waals surface area contributed by atoms with Gasteiger partial charge in [-0.15, -0.1) is 0 Å². The van der Waals surface area contributed by atoms with Crippen LogP contribution >= 0.6 is 12.2 Å². The van der Waals surface area contributed by atoms with E-state index in [1.807, 2.05) is 0 Å². The van der Waals surface area contributed by atoms with Crippen LogP contribution in [0.25, 0.3) is 0 Å². The predicted molar refractivity (Wildman–Crippen MR) is 43.5 cm³/mol. The van der Waals surface area contributed by atoms with Crippen molar-refractivity contribution in [3.8, 4) is 0 Å². The van der Waals surface area contributed by atoms with Gasteiger partial charge in [-0.05, 0) is 12.2 Å². The molecule has 0 radical (unpaired) electrons. The van der Waals surface area contributed by atoms with E-state index in [0.29, 0.717) is 0 Å². The zero-order valence-electron chi connectivity index (χ0n) is 4.96. The van der Waals surface area contributed by atoms with E-state index in [-0.39, 0.29) is 41.1 Å². The van der Waals surface area contributed by atoms with E-state index in [9.17, 15) is 9.59 Å². The second-order valence-electron chi connectivity index (χ2n) is 1.79. The number of carbonyl (C=O) groups is 2. The summed E-state index contributed by atoms with van der Waals surface area (Å²) in [4.78, 5) is 21.2. The van der Waals surface area contributed by atoms with E-state index in [1.165, 1.54) is 0 Å². The van der Waals surface area contributed by atoms with Gasteiger partial charge in [-0.25, -0.2) is 10.9 Å². The first kappa shape index (κ1) is 11.0. The van der Waals surface area contributed by atoms with Crippen LogP contribution in [0.4, 0.5) is 0 Å². The third-order valence-electron chi connectivity index (χ3n) is 1.05. The molecule has 0 aliphatic carbocycles.